The summed E-state index contributed by atoms with van der Waals surface area (Å²) in [5, 5.41) is 17.4. The minimum Gasteiger partial charge on any atom is -0.479 e. The fraction of sp³-hybridized carbons (Fsp3) is 0.833. The summed E-state index contributed by atoms with van der Waals surface area (Å²) < 4.78 is 0. The van der Waals surface area contributed by atoms with Crippen LogP contribution < -0.4 is 0 Å². The lowest BCUT2D eigenvalue weighted by Gasteiger charge is -2.21. The fourth-order valence-electron chi connectivity index (χ4n) is 0.247. The summed E-state index contributed by atoms with van der Waals surface area (Å²) in [6.45, 7) is 4.61. The molecule has 0 aromatic heterocycles. The Morgan fingerprint density at radius 1 is 1.56 bits per heavy atom. The van der Waals surface area contributed by atoms with E-state index in [1.54, 1.807) is 13.8 Å². The Bertz CT molecular complexity index is 115. The van der Waals surface area contributed by atoms with E-state index in [0.717, 1.165) is 0 Å². The average molecular weight is 132 g/mol. The van der Waals surface area contributed by atoms with Crippen LogP contribution in [0, 0.1) is 5.92 Å². The molecule has 3 nitrogen and oxygen atoms in total. The molecule has 0 aliphatic carbocycles. The van der Waals surface area contributed by atoms with Gasteiger partial charge in [-0.25, -0.2) is 4.79 Å². The molecule has 0 bridgehead atoms. The smallest absolute Gasteiger partial charge is 0.335 e. The van der Waals surface area contributed by atoms with Crippen molar-refractivity contribution in [3.05, 3.63) is 0 Å². The Balaban J connectivity index is 4.19. The van der Waals surface area contributed by atoms with Crippen molar-refractivity contribution in [2.24, 2.45) is 5.92 Å². The summed E-state index contributed by atoms with van der Waals surface area (Å²) in [6.07, 6.45) is 0. The van der Waals surface area contributed by atoms with Gasteiger partial charge in [0.05, 0.1) is 0 Å². The first-order valence-corrected chi connectivity index (χ1v) is 2.84. The summed E-state index contributed by atoms with van der Waals surface area (Å²) in [6, 6.07) is 0. The molecule has 0 fully saturated rings. The minimum absolute atomic E-state index is 0.255. The van der Waals surface area contributed by atoms with Gasteiger partial charge >= 0.3 is 5.97 Å². The Morgan fingerprint density at radius 2 is 1.89 bits per heavy atom. The van der Waals surface area contributed by atoms with Gasteiger partial charge in [-0.05, 0) is 12.8 Å². The number of carbonyl (C=O) groups is 1. The van der Waals surface area contributed by atoms with Crippen molar-refractivity contribution in [1.29, 1.82) is 0 Å². The standard InChI is InChI=1S/C6H12O3/c1-4(2)6(3,9)5(7)8/h4,9H,1-3H3,(H,7,8)/t6-/m0/s1. The van der Waals surface area contributed by atoms with Crippen LogP contribution in [0.5, 0.6) is 0 Å². The normalized spacial score (nSPS) is 17.4. The highest BCUT2D eigenvalue weighted by molar-refractivity contribution is 5.76. The van der Waals surface area contributed by atoms with Gasteiger partial charge < -0.3 is 10.2 Å². The van der Waals surface area contributed by atoms with Crippen molar-refractivity contribution in [1.82, 2.24) is 0 Å². The molecule has 0 unspecified atom stereocenters. The van der Waals surface area contributed by atoms with Crippen molar-refractivity contribution >= 4 is 5.97 Å². The zero-order chi connectivity index (χ0) is 7.65. The van der Waals surface area contributed by atoms with E-state index in [2.05, 4.69) is 0 Å². The van der Waals surface area contributed by atoms with Crippen molar-refractivity contribution < 1.29 is 15.0 Å². The summed E-state index contributed by atoms with van der Waals surface area (Å²) in [5.74, 6) is -1.42. The highest BCUT2D eigenvalue weighted by atomic mass is 16.4. The maximum atomic E-state index is 10.2. The number of carboxylic acids is 1. The number of aliphatic hydroxyl groups is 1. The topological polar surface area (TPSA) is 57.5 Å². The first-order chi connectivity index (χ1) is 3.89. The fourth-order valence-corrected chi connectivity index (χ4v) is 0.247. The van der Waals surface area contributed by atoms with E-state index in [-0.39, 0.29) is 5.92 Å². The molecule has 0 saturated heterocycles. The van der Waals surface area contributed by atoms with E-state index in [1.807, 2.05) is 0 Å². The SMILES string of the molecule is CC(C)[C@](C)(O)C(=O)O. The summed E-state index contributed by atoms with van der Waals surface area (Å²) >= 11 is 0. The molecule has 54 valence electrons. The molecule has 3 heteroatoms. The lowest BCUT2D eigenvalue weighted by Crippen LogP contribution is -2.40. The zero-order valence-electron chi connectivity index (χ0n) is 5.88. The maximum absolute atomic E-state index is 10.2. The van der Waals surface area contributed by atoms with Crippen LogP contribution in [0.15, 0.2) is 0 Å². The van der Waals surface area contributed by atoms with Crippen molar-refractivity contribution in [3.63, 3.8) is 0 Å². The van der Waals surface area contributed by atoms with E-state index in [1.165, 1.54) is 6.92 Å². The van der Waals surface area contributed by atoms with Crippen molar-refractivity contribution in [3.8, 4) is 0 Å². The van der Waals surface area contributed by atoms with E-state index in [9.17, 15) is 4.79 Å². The second-order valence-electron chi connectivity index (χ2n) is 2.61. The van der Waals surface area contributed by atoms with E-state index in [4.69, 9.17) is 10.2 Å². The zero-order valence-corrected chi connectivity index (χ0v) is 5.88. The molecule has 0 heterocycles. The number of hydrogen-bond donors (Lipinski definition) is 2. The van der Waals surface area contributed by atoms with Crippen LogP contribution in [0.3, 0.4) is 0 Å². The van der Waals surface area contributed by atoms with Gasteiger partial charge in [-0.3, -0.25) is 0 Å². The van der Waals surface area contributed by atoms with Crippen molar-refractivity contribution in [2.45, 2.75) is 26.4 Å². The summed E-state index contributed by atoms with van der Waals surface area (Å²) in [5.41, 5.74) is -1.58. The van der Waals surface area contributed by atoms with E-state index < -0.39 is 11.6 Å². The Morgan fingerprint density at radius 3 is 1.89 bits per heavy atom. The van der Waals surface area contributed by atoms with Gasteiger partial charge in [0, 0.05) is 0 Å². The monoisotopic (exact) mass is 132 g/mol. The third-order valence-electron chi connectivity index (χ3n) is 1.56. The first-order valence-electron chi connectivity index (χ1n) is 2.84. The molecule has 0 spiro atoms. The number of hydrogen-bond acceptors (Lipinski definition) is 2. The molecule has 9 heavy (non-hydrogen) atoms. The van der Waals surface area contributed by atoms with Gasteiger partial charge in [0.15, 0.2) is 5.60 Å². The van der Waals surface area contributed by atoms with Crippen LogP contribution in [0.4, 0.5) is 0 Å². The third kappa shape index (κ3) is 1.68. The molecule has 0 radical (unpaired) electrons. The Kier molecular flexibility index (Phi) is 2.20. The van der Waals surface area contributed by atoms with Gasteiger partial charge in [0.1, 0.15) is 0 Å². The van der Waals surface area contributed by atoms with Crippen LogP contribution in [0.2, 0.25) is 0 Å². The molecule has 1 atom stereocenters. The minimum atomic E-state index is -1.58. The number of aliphatic carboxylic acids is 1. The van der Waals surface area contributed by atoms with Gasteiger partial charge in [0.25, 0.3) is 0 Å². The predicted octanol–water partition coefficient (Wildman–Crippen LogP) is 0.478. The van der Waals surface area contributed by atoms with E-state index >= 15 is 0 Å². The number of carboxylic acid groups (broad SMARTS) is 1. The second-order valence-corrected chi connectivity index (χ2v) is 2.61. The number of rotatable bonds is 2. The third-order valence-corrected chi connectivity index (χ3v) is 1.56. The first kappa shape index (κ1) is 8.43. The average Bonchev–Trinajstić information content (AvgIpc) is 1.65. The molecule has 0 aliphatic heterocycles. The Hall–Kier alpha value is -0.570. The summed E-state index contributed by atoms with van der Waals surface area (Å²) in [7, 11) is 0. The highest BCUT2D eigenvalue weighted by Crippen LogP contribution is 2.15. The summed E-state index contributed by atoms with van der Waals surface area (Å²) in [4.78, 5) is 10.2. The molecular formula is C6H12O3. The van der Waals surface area contributed by atoms with Crippen LogP contribution in [-0.2, 0) is 4.79 Å². The highest BCUT2D eigenvalue weighted by Gasteiger charge is 2.33. The molecule has 0 aliphatic rings. The van der Waals surface area contributed by atoms with Crippen LogP contribution in [0.25, 0.3) is 0 Å². The molecular weight excluding hydrogens is 120 g/mol. The lowest BCUT2D eigenvalue weighted by molar-refractivity contribution is -0.160. The second kappa shape index (κ2) is 2.35. The lowest BCUT2D eigenvalue weighted by atomic mass is 9.93. The molecule has 0 rings (SSSR count). The maximum Gasteiger partial charge on any atom is 0.335 e. The molecule has 0 saturated carbocycles. The van der Waals surface area contributed by atoms with Gasteiger partial charge in [0.2, 0.25) is 0 Å². The largest absolute Gasteiger partial charge is 0.479 e. The van der Waals surface area contributed by atoms with Crippen LogP contribution in [-0.4, -0.2) is 21.8 Å². The van der Waals surface area contributed by atoms with Gasteiger partial charge in [-0.1, -0.05) is 13.8 Å². The molecule has 0 aromatic carbocycles. The molecule has 0 aromatic rings. The molecule has 0 amide bonds. The Labute approximate surface area is 54.3 Å². The van der Waals surface area contributed by atoms with Gasteiger partial charge in [-0.2, -0.15) is 0 Å². The quantitative estimate of drug-likeness (QED) is 0.574. The van der Waals surface area contributed by atoms with Crippen LogP contribution >= 0.6 is 0 Å². The molecule has 2 N–H and O–H groups in total. The van der Waals surface area contributed by atoms with Crippen molar-refractivity contribution in [2.75, 3.05) is 0 Å². The van der Waals surface area contributed by atoms with E-state index in [0.29, 0.717) is 0 Å². The van der Waals surface area contributed by atoms with Crippen LogP contribution in [0.1, 0.15) is 20.8 Å². The van der Waals surface area contributed by atoms with Gasteiger partial charge in [-0.15, -0.1) is 0 Å². The predicted molar refractivity (Wildman–Crippen MR) is 33.1 cm³/mol.